The number of aryl methyl sites for hydroxylation is 2. The van der Waals surface area contributed by atoms with Gasteiger partial charge in [0.05, 0.1) is 16.2 Å². The number of aromatic nitrogens is 3. The standard InChI is InChI=1S/C12H13N3O4S/c1-8-3-4-10(5-11(8)12(16)17)20(18,19)7-9-6-15(2)14-13-9/h3-6H,7H2,1-2H3,(H,16,17). The van der Waals surface area contributed by atoms with Crippen molar-refractivity contribution in [3.8, 4) is 0 Å². The van der Waals surface area contributed by atoms with E-state index in [-0.39, 0.29) is 16.2 Å². The molecule has 2 rings (SSSR count). The van der Waals surface area contributed by atoms with E-state index < -0.39 is 15.8 Å². The highest BCUT2D eigenvalue weighted by Gasteiger charge is 2.20. The van der Waals surface area contributed by atoms with E-state index in [1.54, 1.807) is 14.0 Å². The Morgan fingerprint density at radius 3 is 2.65 bits per heavy atom. The lowest BCUT2D eigenvalue weighted by Crippen LogP contribution is -2.08. The minimum atomic E-state index is -3.65. The van der Waals surface area contributed by atoms with E-state index in [9.17, 15) is 13.2 Å². The summed E-state index contributed by atoms with van der Waals surface area (Å²) in [6, 6.07) is 4.05. The predicted octanol–water partition coefficient (Wildman–Crippen LogP) is 0.796. The molecule has 0 aliphatic carbocycles. The zero-order chi connectivity index (χ0) is 14.9. The number of hydrogen-bond acceptors (Lipinski definition) is 5. The molecule has 1 heterocycles. The lowest BCUT2D eigenvalue weighted by atomic mass is 10.1. The van der Waals surface area contributed by atoms with Gasteiger partial charge in [-0.25, -0.2) is 13.2 Å². The van der Waals surface area contributed by atoms with E-state index in [4.69, 9.17) is 5.11 Å². The Morgan fingerprint density at radius 1 is 1.40 bits per heavy atom. The molecule has 0 amide bonds. The highest BCUT2D eigenvalue weighted by molar-refractivity contribution is 7.90. The third-order valence-corrected chi connectivity index (χ3v) is 4.43. The Balaban J connectivity index is 2.39. The molecule has 0 atom stereocenters. The van der Waals surface area contributed by atoms with E-state index in [2.05, 4.69) is 10.3 Å². The molecule has 1 aromatic heterocycles. The third kappa shape index (κ3) is 2.85. The average molecular weight is 295 g/mol. The van der Waals surface area contributed by atoms with Gasteiger partial charge >= 0.3 is 5.97 Å². The van der Waals surface area contributed by atoms with Gasteiger partial charge < -0.3 is 5.11 Å². The second-order valence-corrected chi connectivity index (χ2v) is 6.41. The summed E-state index contributed by atoms with van der Waals surface area (Å²) in [7, 11) is -2.02. The smallest absolute Gasteiger partial charge is 0.335 e. The first-order chi connectivity index (χ1) is 9.29. The van der Waals surface area contributed by atoms with Crippen LogP contribution in [-0.4, -0.2) is 34.5 Å². The van der Waals surface area contributed by atoms with E-state index in [0.717, 1.165) is 0 Å². The molecule has 0 unspecified atom stereocenters. The number of nitrogens with zero attached hydrogens (tertiary/aromatic N) is 3. The number of sulfone groups is 1. The number of carboxylic acids is 1. The minimum absolute atomic E-state index is 0.0229. The molecule has 0 saturated heterocycles. The van der Waals surface area contributed by atoms with Gasteiger partial charge in [-0.05, 0) is 24.6 Å². The van der Waals surface area contributed by atoms with Gasteiger partial charge in [0.15, 0.2) is 9.84 Å². The molecule has 0 spiro atoms. The molecule has 20 heavy (non-hydrogen) atoms. The van der Waals surface area contributed by atoms with Crippen molar-refractivity contribution in [2.24, 2.45) is 7.05 Å². The molecule has 7 nitrogen and oxygen atoms in total. The fourth-order valence-electron chi connectivity index (χ4n) is 1.76. The van der Waals surface area contributed by atoms with Gasteiger partial charge in [0.2, 0.25) is 0 Å². The molecule has 1 N–H and O–H groups in total. The maximum atomic E-state index is 12.2. The molecule has 0 fully saturated rings. The molecule has 0 aliphatic heterocycles. The third-order valence-electron chi connectivity index (χ3n) is 2.79. The quantitative estimate of drug-likeness (QED) is 0.895. The molecule has 0 saturated carbocycles. The Morgan fingerprint density at radius 2 is 2.10 bits per heavy atom. The molecule has 2 aromatic rings. The van der Waals surface area contributed by atoms with E-state index in [1.807, 2.05) is 0 Å². The van der Waals surface area contributed by atoms with Crippen LogP contribution in [0.1, 0.15) is 21.6 Å². The monoisotopic (exact) mass is 295 g/mol. The molecule has 106 valence electrons. The Kier molecular flexibility index (Phi) is 3.58. The van der Waals surface area contributed by atoms with Gasteiger partial charge in [0, 0.05) is 13.2 Å². The second kappa shape index (κ2) is 5.04. The van der Waals surface area contributed by atoms with Crippen molar-refractivity contribution in [3.63, 3.8) is 0 Å². The van der Waals surface area contributed by atoms with Crippen molar-refractivity contribution in [3.05, 3.63) is 41.2 Å². The van der Waals surface area contributed by atoms with Crippen LogP contribution in [-0.2, 0) is 22.6 Å². The van der Waals surface area contributed by atoms with Gasteiger partial charge in [-0.15, -0.1) is 5.10 Å². The maximum absolute atomic E-state index is 12.2. The molecular formula is C12H13N3O4S. The lowest BCUT2D eigenvalue weighted by Gasteiger charge is -2.06. The summed E-state index contributed by atoms with van der Waals surface area (Å²) in [5, 5.41) is 16.4. The lowest BCUT2D eigenvalue weighted by molar-refractivity contribution is 0.0696. The SMILES string of the molecule is Cc1ccc(S(=O)(=O)Cc2cn(C)nn2)cc1C(=O)O. The number of carboxylic acid groups (broad SMARTS) is 1. The fraction of sp³-hybridized carbons (Fsp3) is 0.250. The van der Waals surface area contributed by atoms with Gasteiger partial charge in [0.25, 0.3) is 0 Å². The van der Waals surface area contributed by atoms with Gasteiger partial charge in [-0.1, -0.05) is 11.3 Å². The van der Waals surface area contributed by atoms with Crippen molar-refractivity contribution in [2.75, 3.05) is 0 Å². The first kappa shape index (κ1) is 14.2. The van der Waals surface area contributed by atoms with Crippen molar-refractivity contribution in [2.45, 2.75) is 17.6 Å². The Bertz CT molecular complexity index is 765. The van der Waals surface area contributed by atoms with Gasteiger partial charge in [0.1, 0.15) is 5.75 Å². The molecular weight excluding hydrogens is 282 g/mol. The highest BCUT2D eigenvalue weighted by atomic mass is 32.2. The van der Waals surface area contributed by atoms with Crippen molar-refractivity contribution in [1.82, 2.24) is 15.0 Å². The van der Waals surface area contributed by atoms with E-state index in [1.165, 1.54) is 29.1 Å². The van der Waals surface area contributed by atoms with E-state index in [0.29, 0.717) is 11.3 Å². The zero-order valence-corrected chi connectivity index (χ0v) is 11.8. The van der Waals surface area contributed by atoms with Crippen LogP contribution < -0.4 is 0 Å². The van der Waals surface area contributed by atoms with Gasteiger partial charge in [-0.3, -0.25) is 4.68 Å². The number of rotatable bonds is 4. The summed E-state index contributed by atoms with van der Waals surface area (Å²) in [6.07, 6.45) is 1.50. The Hall–Kier alpha value is -2.22. The molecule has 0 bridgehead atoms. The number of benzene rings is 1. The molecule has 1 aromatic carbocycles. The van der Waals surface area contributed by atoms with Crippen molar-refractivity contribution < 1.29 is 18.3 Å². The predicted molar refractivity (Wildman–Crippen MR) is 70.0 cm³/mol. The fourth-order valence-corrected chi connectivity index (χ4v) is 3.03. The first-order valence-electron chi connectivity index (χ1n) is 5.71. The zero-order valence-electron chi connectivity index (χ0n) is 10.9. The summed E-state index contributed by atoms with van der Waals surface area (Å²) in [4.78, 5) is 11.0. The summed E-state index contributed by atoms with van der Waals surface area (Å²) in [5.74, 6) is -1.47. The highest BCUT2D eigenvalue weighted by Crippen LogP contribution is 2.19. The molecule has 0 aliphatic rings. The van der Waals surface area contributed by atoms with Crippen LogP contribution in [0.25, 0.3) is 0 Å². The molecule has 0 radical (unpaired) electrons. The summed E-state index contributed by atoms with van der Waals surface area (Å²) in [5.41, 5.74) is 0.797. The van der Waals surface area contributed by atoms with Crippen LogP contribution in [0, 0.1) is 6.92 Å². The van der Waals surface area contributed by atoms with Gasteiger partial charge in [-0.2, -0.15) is 0 Å². The number of aromatic carboxylic acids is 1. The second-order valence-electron chi connectivity index (χ2n) is 4.42. The van der Waals surface area contributed by atoms with Crippen LogP contribution in [0.3, 0.4) is 0 Å². The minimum Gasteiger partial charge on any atom is -0.478 e. The number of hydrogen-bond donors (Lipinski definition) is 1. The van der Waals surface area contributed by atoms with Crippen molar-refractivity contribution >= 4 is 15.8 Å². The summed E-state index contributed by atoms with van der Waals surface area (Å²) in [6.45, 7) is 1.61. The largest absolute Gasteiger partial charge is 0.478 e. The van der Waals surface area contributed by atoms with Crippen LogP contribution >= 0.6 is 0 Å². The average Bonchev–Trinajstić information content (AvgIpc) is 2.73. The normalized spacial score (nSPS) is 11.5. The summed E-state index contributed by atoms with van der Waals surface area (Å²) < 4.78 is 25.9. The first-order valence-corrected chi connectivity index (χ1v) is 7.37. The maximum Gasteiger partial charge on any atom is 0.335 e. The summed E-state index contributed by atoms with van der Waals surface area (Å²) >= 11 is 0. The van der Waals surface area contributed by atoms with Crippen molar-refractivity contribution in [1.29, 1.82) is 0 Å². The topological polar surface area (TPSA) is 102 Å². The molecule has 8 heteroatoms. The van der Waals surface area contributed by atoms with E-state index >= 15 is 0 Å². The van der Waals surface area contributed by atoms with Crippen LogP contribution in [0.15, 0.2) is 29.3 Å². The number of carbonyl (C=O) groups is 1. The Labute approximate surface area is 115 Å². The van der Waals surface area contributed by atoms with Crippen LogP contribution in [0.2, 0.25) is 0 Å². The van der Waals surface area contributed by atoms with Crippen LogP contribution in [0.5, 0.6) is 0 Å². The van der Waals surface area contributed by atoms with Crippen LogP contribution in [0.4, 0.5) is 0 Å².